The van der Waals surface area contributed by atoms with Gasteiger partial charge in [-0.15, -0.1) is 0 Å². The first kappa shape index (κ1) is 16.5. The summed E-state index contributed by atoms with van der Waals surface area (Å²) < 4.78 is 0. The first-order valence-electron chi connectivity index (χ1n) is 8.98. The molecule has 1 N–H and O–H groups in total. The summed E-state index contributed by atoms with van der Waals surface area (Å²) in [5, 5.41) is 0. The number of aromatic amines is 1. The summed E-state index contributed by atoms with van der Waals surface area (Å²) in [4.78, 5) is 12.9. The maximum atomic E-state index is 4.80. The van der Waals surface area contributed by atoms with Crippen LogP contribution in [0.3, 0.4) is 0 Å². The van der Waals surface area contributed by atoms with E-state index in [-0.39, 0.29) is 0 Å². The van der Waals surface area contributed by atoms with Gasteiger partial charge in [-0.3, -0.25) is 4.99 Å². The van der Waals surface area contributed by atoms with Crippen molar-refractivity contribution in [2.24, 2.45) is 4.99 Å². The van der Waals surface area contributed by atoms with Crippen molar-refractivity contribution >= 4 is 22.3 Å². The van der Waals surface area contributed by atoms with Crippen molar-refractivity contribution in [3.63, 3.8) is 0 Å². The largest absolute Gasteiger partial charge is 0.337 e. The molecule has 0 saturated carbocycles. The van der Waals surface area contributed by atoms with Gasteiger partial charge in [0.15, 0.2) is 5.82 Å². The topological polar surface area (TPSA) is 41.0 Å². The lowest BCUT2D eigenvalue weighted by Crippen LogP contribution is -2.06. The first-order chi connectivity index (χ1) is 12.5. The average molecular weight is 341 g/mol. The minimum atomic E-state index is 0.709. The van der Waals surface area contributed by atoms with Crippen molar-refractivity contribution in [3.05, 3.63) is 82.7 Å². The zero-order valence-electron chi connectivity index (χ0n) is 15.6. The molecule has 3 heteroatoms. The molecule has 0 atom stereocenters. The molecule has 3 aromatic rings. The normalized spacial score (nSPS) is 13.8. The highest BCUT2D eigenvalue weighted by Crippen LogP contribution is 2.30. The summed E-state index contributed by atoms with van der Waals surface area (Å²) in [5.74, 6) is 0.854. The van der Waals surface area contributed by atoms with Gasteiger partial charge < -0.3 is 4.98 Å². The Kier molecular flexibility index (Phi) is 4.08. The molecule has 1 aliphatic heterocycles. The lowest BCUT2D eigenvalue weighted by Gasteiger charge is -2.14. The quantitative estimate of drug-likeness (QED) is 0.685. The number of H-pyrrole nitrogens is 1. The van der Waals surface area contributed by atoms with E-state index in [2.05, 4.69) is 74.8 Å². The van der Waals surface area contributed by atoms with Gasteiger partial charge in [-0.1, -0.05) is 43.0 Å². The molecule has 0 radical (unpaired) electrons. The van der Waals surface area contributed by atoms with Crippen LogP contribution in [0.5, 0.6) is 0 Å². The average Bonchev–Trinajstić information content (AvgIpc) is 3.21. The lowest BCUT2D eigenvalue weighted by atomic mass is 9.91. The number of fused-ring (bicyclic) bond motifs is 1. The fraction of sp³-hybridized carbons (Fsp3) is 0.217. The van der Waals surface area contributed by atoms with Crippen LogP contribution in [-0.4, -0.2) is 22.2 Å². The Morgan fingerprint density at radius 3 is 2.46 bits per heavy atom. The van der Waals surface area contributed by atoms with Gasteiger partial charge in [-0.05, 0) is 66.7 Å². The maximum absolute atomic E-state index is 4.80. The highest BCUT2D eigenvalue weighted by Gasteiger charge is 2.20. The third-order valence-electron chi connectivity index (χ3n) is 5.07. The molecular weight excluding hydrogens is 318 g/mol. The van der Waals surface area contributed by atoms with Crippen molar-refractivity contribution in [1.29, 1.82) is 0 Å². The Balaban J connectivity index is 1.64. The minimum Gasteiger partial charge on any atom is -0.337 e. The second-order valence-corrected chi connectivity index (χ2v) is 7.02. The lowest BCUT2D eigenvalue weighted by molar-refractivity contribution is 1.23. The molecule has 0 spiro atoms. The monoisotopic (exact) mass is 341 g/mol. The van der Waals surface area contributed by atoms with Crippen LogP contribution < -0.4 is 0 Å². The molecular formula is C23H23N3. The number of para-hydroxylation sites is 1. The third kappa shape index (κ3) is 2.80. The van der Waals surface area contributed by atoms with Crippen LogP contribution in [0, 0.1) is 20.8 Å². The van der Waals surface area contributed by atoms with Crippen LogP contribution in [-0.2, 0) is 0 Å². The molecule has 130 valence electrons. The zero-order chi connectivity index (χ0) is 18.3. The Morgan fingerprint density at radius 1 is 1.04 bits per heavy atom. The highest BCUT2D eigenvalue weighted by atomic mass is 15.0. The van der Waals surface area contributed by atoms with Gasteiger partial charge in [-0.2, -0.15) is 0 Å². The number of benzene rings is 2. The van der Waals surface area contributed by atoms with E-state index in [0.29, 0.717) is 6.54 Å². The van der Waals surface area contributed by atoms with Crippen LogP contribution in [0.1, 0.15) is 34.5 Å². The van der Waals surface area contributed by atoms with Crippen LogP contribution in [0.4, 0.5) is 0 Å². The molecule has 0 unspecified atom stereocenters. The Labute approximate surface area is 154 Å². The summed E-state index contributed by atoms with van der Waals surface area (Å²) in [6.07, 6.45) is 2.98. The second-order valence-electron chi connectivity index (χ2n) is 7.02. The fourth-order valence-corrected chi connectivity index (χ4v) is 3.81. The number of allylic oxidation sites excluding steroid dienone is 2. The second kappa shape index (κ2) is 6.41. The van der Waals surface area contributed by atoms with Crippen molar-refractivity contribution in [2.75, 3.05) is 6.54 Å². The number of hydrogen-bond acceptors (Lipinski definition) is 2. The van der Waals surface area contributed by atoms with Crippen LogP contribution in [0.25, 0.3) is 16.6 Å². The molecule has 3 nitrogen and oxygen atoms in total. The number of nitrogens with one attached hydrogen (secondary N) is 1. The van der Waals surface area contributed by atoms with Gasteiger partial charge in [0.05, 0.1) is 17.6 Å². The third-order valence-corrected chi connectivity index (χ3v) is 5.07. The van der Waals surface area contributed by atoms with E-state index in [9.17, 15) is 0 Å². The zero-order valence-corrected chi connectivity index (χ0v) is 15.6. The van der Waals surface area contributed by atoms with E-state index in [1.165, 1.54) is 27.8 Å². The van der Waals surface area contributed by atoms with Gasteiger partial charge in [0.2, 0.25) is 0 Å². The summed E-state index contributed by atoms with van der Waals surface area (Å²) in [6.45, 7) is 11.5. The Morgan fingerprint density at radius 2 is 1.73 bits per heavy atom. The van der Waals surface area contributed by atoms with E-state index in [1.807, 2.05) is 0 Å². The number of aliphatic imine (C=N–C) groups is 1. The summed E-state index contributed by atoms with van der Waals surface area (Å²) >= 11 is 0. The number of nitrogens with zero attached hydrogens (tertiary/aromatic N) is 2. The summed E-state index contributed by atoms with van der Waals surface area (Å²) in [6, 6.07) is 12.6. The summed E-state index contributed by atoms with van der Waals surface area (Å²) in [7, 11) is 0. The van der Waals surface area contributed by atoms with Gasteiger partial charge in [0.1, 0.15) is 5.71 Å². The molecule has 0 bridgehead atoms. The number of hydrogen-bond donors (Lipinski definition) is 1. The summed E-state index contributed by atoms with van der Waals surface area (Å²) in [5.41, 5.74) is 10.4. The van der Waals surface area contributed by atoms with Crippen molar-refractivity contribution in [3.8, 4) is 0 Å². The van der Waals surface area contributed by atoms with Gasteiger partial charge >= 0.3 is 0 Å². The van der Waals surface area contributed by atoms with E-state index < -0.39 is 0 Å². The van der Waals surface area contributed by atoms with Gasteiger partial charge in [0, 0.05) is 0 Å². The number of aryl methyl sites for hydroxylation is 3. The van der Waals surface area contributed by atoms with Crippen LogP contribution in [0.15, 0.2) is 59.6 Å². The predicted molar refractivity (Wildman–Crippen MR) is 110 cm³/mol. The molecule has 4 rings (SSSR count). The van der Waals surface area contributed by atoms with E-state index in [0.717, 1.165) is 34.6 Å². The molecule has 2 aromatic carbocycles. The van der Waals surface area contributed by atoms with Crippen LogP contribution in [0.2, 0.25) is 0 Å². The van der Waals surface area contributed by atoms with E-state index >= 15 is 0 Å². The van der Waals surface area contributed by atoms with E-state index in [4.69, 9.17) is 9.98 Å². The van der Waals surface area contributed by atoms with Crippen molar-refractivity contribution in [1.82, 2.24) is 9.97 Å². The number of aromatic nitrogens is 2. The molecule has 1 aromatic heterocycles. The molecule has 0 aliphatic carbocycles. The van der Waals surface area contributed by atoms with Crippen molar-refractivity contribution < 1.29 is 0 Å². The number of imidazole rings is 1. The molecule has 26 heavy (non-hydrogen) atoms. The maximum Gasteiger partial charge on any atom is 0.157 e. The number of rotatable bonds is 4. The van der Waals surface area contributed by atoms with Gasteiger partial charge in [-0.25, -0.2) is 4.98 Å². The smallest absolute Gasteiger partial charge is 0.157 e. The predicted octanol–water partition coefficient (Wildman–Crippen LogP) is 5.32. The SMILES string of the molecule is C=C(CC1=CCN=C1c1nc2c(C)cccc2[nH]1)c1c(C)cccc1C. The molecule has 0 saturated heterocycles. The first-order valence-corrected chi connectivity index (χ1v) is 8.98. The fourth-order valence-electron chi connectivity index (χ4n) is 3.81. The minimum absolute atomic E-state index is 0.709. The Hall–Kier alpha value is -2.94. The molecule has 2 heterocycles. The van der Waals surface area contributed by atoms with Crippen LogP contribution >= 0.6 is 0 Å². The molecule has 0 fully saturated rings. The standard InChI is InChI=1S/C23H23N3/c1-14-7-5-8-15(2)20(14)17(4)13-18-11-12-24-22(18)23-25-19-10-6-9-16(3)21(19)26-23/h5-11H,4,12-13H2,1-3H3,(H,25,26). The van der Waals surface area contributed by atoms with Gasteiger partial charge in [0.25, 0.3) is 0 Å². The van der Waals surface area contributed by atoms with Crippen molar-refractivity contribution in [2.45, 2.75) is 27.2 Å². The Bertz CT molecular complexity index is 1060. The molecule has 0 amide bonds. The van der Waals surface area contributed by atoms with E-state index in [1.54, 1.807) is 0 Å². The highest BCUT2D eigenvalue weighted by molar-refractivity contribution is 6.13. The molecule has 1 aliphatic rings.